The van der Waals surface area contributed by atoms with E-state index in [-0.39, 0.29) is 61.7 Å². The Balaban J connectivity index is 1.81. The molecule has 14 heteroatoms. The average Bonchev–Trinajstić information content (AvgIpc) is 3.04. The third kappa shape index (κ3) is 9.32. The Hall–Kier alpha value is -1.46. The van der Waals surface area contributed by atoms with E-state index in [1.54, 1.807) is 39.6 Å². The number of nitrogens with zero attached hydrogens (tertiary/aromatic N) is 2. The Bertz CT molecular complexity index is 1110. The predicted molar refractivity (Wildman–Crippen MR) is 181 cm³/mol. The van der Waals surface area contributed by atoms with Crippen molar-refractivity contribution < 1.29 is 48.2 Å². The average molecular weight is 701 g/mol. The highest BCUT2D eigenvalue weighted by Gasteiger charge is 2.52. The summed E-state index contributed by atoms with van der Waals surface area (Å²) in [5.41, 5.74) is 4.38. The maximum absolute atomic E-state index is 13.7. The molecule has 4 saturated heterocycles. The molecule has 0 aromatic rings. The molecule has 15 atom stereocenters. The van der Waals surface area contributed by atoms with Crippen LogP contribution in [-0.2, 0) is 38.0 Å². The quantitative estimate of drug-likeness (QED) is 0.326. The molecule has 4 aliphatic heterocycles. The van der Waals surface area contributed by atoms with Crippen LogP contribution in [0.25, 0.3) is 0 Å². The lowest BCUT2D eigenvalue weighted by Gasteiger charge is -2.49. The Morgan fingerprint density at radius 2 is 1.78 bits per heavy atom. The van der Waals surface area contributed by atoms with E-state index in [0.717, 1.165) is 6.42 Å². The molecule has 14 nitrogen and oxygen atoms in total. The molecule has 0 radical (unpaired) electrons. The van der Waals surface area contributed by atoms with E-state index in [4.69, 9.17) is 34.2 Å². The first-order valence-electron chi connectivity index (χ1n) is 18.0. The number of ether oxygens (including phenoxy) is 6. The number of nitrogens with two attached hydrogens (primary N) is 1. The highest BCUT2D eigenvalue weighted by Crippen LogP contribution is 2.40. The highest BCUT2D eigenvalue weighted by atomic mass is 16.7. The number of hydrogen-bond acceptors (Lipinski definition) is 12. The van der Waals surface area contributed by atoms with E-state index < -0.39 is 66.1 Å². The van der Waals surface area contributed by atoms with E-state index >= 15 is 0 Å². The molecule has 284 valence electrons. The zero-order valence-electron chi connectivity index (χ0n) is 31.3. The first-order chi connectivity index (χ1) is 22.9. The van der Waals surface area contributed by atoms with E-state index in [0.29, 0.717) is 19.6 Å². The number of carbonyl (C=O) groups excluding carboxylic acids is 2. The number of nitrogens with one attached hydrogen (secondary N) is 1. The van der Waals surface area contributed by atoms with Gasteiger partial charge in [0.2, 0.25) is 11.8 Å². The Morgan fingerprint density at radius 1 is 1.08 bits per heavy atom. The molecule has 4 fully saturated rings. The first kappa shape index (κ1) is 40.3. The number of fused-ring (bicyclic) bond motifs is 4. The van der Waals surface area contributed by atoms with E-state index in [1.807, 2.05) is 27.9 Å². The molecule has 0 aromatic carbocycles. The van der Waals surface area contributed by atoms with Gasteiger partial charge in [0, 0.05) is 64.7 Å². The molecule has 2 amide bonds. The molecule has 4 rings (SSSR count). The molecule has 0 saturated carbocycles. The van der Waals surface area contributed by atoms with Gasteiger partial charge in [-0.3, -0.25) is 9.59 Å². The van der Waals surface area contributed by atoms with Crippen LogP contribution in [0.4, 0.5) is 0 Å². The lowest BCUT2D eigenvalue weighted by atomic mass is 9.75. The predicted octanol–water partition coefficient (Wildman–Crippen LogP) is 0.847. The van der Waals surface area contributed by atoms with Crippen molar-refractivity contribution in [2.24, 2.45) is 23.5 Å². The number of aliphatic hydroxyl groups is 2. The molecule has 0 spiro atoms. The lowest BCUT2D eigenvalue weighted by Crippen LogP contribution is -2.61. The highest BCUT2D eigenvalue weighted by molar-refractivity contribution is 5.80. The normalized spacial score (nSPS) is 46.8. The molecule has 4 aliphatic rings. The minimum Gasteiger partial charge on any atom is -0.387 e. The van der Waals surface area contributed by atoms with Crippen molar-refractivity contribution in [3.05, 3.63) is 0 Å². The summed E-state index contributed by atoms with van der Waals surface area (Å²) in [5.74, 6) is -2.10. The van der Waals surface area contributed by atoms with Crippen LogP contribution in [0.3, 0.4) is 0 Å². The standard InChI is InChI=1S/C35H64N4O10/c1-19-15-25(38(7)8)29-33(46-19)49-31-20(2)28(48-27-17-35(6,44-10)30(41)22(4)47-27)21(3)32(42)37-13-11-26(40)39(9)18-23(16-34(31,5)43)24(36)12-14-45-29/h19-25,27-31,33,41,43H,11-18,36H2,1-10H3,(H,37,42)/t19-,20+,21-,22+,23-,24?,25+,27+,28+,29-,30+,31-,33+,34-,35-/m1/s1. The van der Waals surface area contributed by atoms with E-state index in [9.17, 15) is 19.8 Å². The fraction of sp³-hybridized carbons (Fsp3) is 0.943. The number of methoxy groups -OCH3 is 1. The van der Waals surface area contributed by atoms with Gasteiger partial charge in [-0.15, -0.1) is 0 Å². The summed E-state index contributed by atoms with van der Waals surface area (Å²) in [6.07, 6.45) is -3.83. The van der Waals surface area contributed by atoms with Gasteiger partial charge in [0.1, 0.15) is 12.2 Å². The Kier molecular flexibility index (Phi) is 13.6. The molecule has 0 aliphatic carbocycles. The van der Waals surface area contributed by atoms with Gasteiger partial charge < -0.3 is 59.5 Å². The topological polar surface area (TPSA) is 175 Å². The number of aliphatic hydroxyl groups excluding tert-OH is 1. The van der Waals surface area contributed by atoms with Crippen molar-refractivity contribution in [1.82, 2.24) is 15.1 Å². The SMILES string of the molecule is CO[C@]1(C)C[C@H](O[C@H]2[C@H](C)[C@H]3O[C@@H]4O[C@H](C)C[C@H](N(C)C)[C@H]4OCCC(N)[C@@H](CN(C)C(=O)CCNC(=O)[C@@H]2C)C[C@@]3(C)O)O[C@@H](C)[C@@H]1O. The summed E-state index contributed by atoms with van der Waals surface area (Å²) < 4.78 is 38.5. The smallest absolute Gasteiger partial charge is 0.225 e. The number of likely N-dealkylation sites (N-methyl/N-ethyl adjacent to an activating group) is 1. The van der Waals surface area contributed by atoms with E-state index in [2.05, 4.69) is 10.2 Å². The van der Waals surface area contributed by atoms with Crippen molar-refractivity contribution in [2.75, 3.05) is 47.9 Å². The van der Waals surface area contributed by atoms with Crippen molar-refractivity contribution in [3.63, 3.8) is 0 Å². The number of hydrogen-bond donors (Lipinski definition) is 4. The van der Waals surface area contributed by atoms with Gasteiger partial charge in [-0.05, 0) is 67.0 Å². The van der Waals surface area contributed by atoms with Crippen LogP contribution in [0.15, 0.2) is 0 Å². The minimum absolute atomic E-state index is 0.0349. The van der Waals surface area contributed by atoms with Gasteiger partial charge >= 0.3 is 0 Å². The molecular weight excluding hydrogens is 636 g/mol. The van der Waals surface area contributed by atoms with Crippen LogP contribution in [0.1, 0.15) is 73.6 Å². The summed E-state index contributed by atoms with van der Waals surface area (Å²) in [5, 5.41) is 26.4. The van der Waals surface area contributed by atoms with Crippen LogP contribution in [-0.4, -0.2) is 152 Å². The fourth-order valence-electron chi connectivity index (χ4n) is 8.26. The van der Waals surface area contributed by atoms with Gasteiger partial charge in [0.05, 0.1) is 41.5 Å². The molecule has 1 unspecified atom stereocenters. The monoisotopic (exact) mass is 700 g/mol. The van der Waals surface area contributed by atoms with Crippen molar-refractivity contribution in [3.8, 4) is 0 Å². The second kappa shape index (κ2) is 16.5. The van der Waals surface area contributed by atoms with Gasteiger partial charge in [0.25, 0.3) is 0 Å². The number of amides is 2. The second-order valence-electron chi connectivity index (χ2n) is 15.7. The van der Waals surface area contributed by atoms with Crippen molar-refractivity contribution in [2.45, 2.75) is 146 Å². The molecule has 5 N–H and O–H groups in total. The maximum Gasteiger partial charge on any atom is 0.225 e. The molecule has 49 heavy (non-hydrogen) atoms. The van der Waals surface area contributed by atoms with Gasteiger partial charge in [-0.1, -0.05) is 13.8 Å². The van der Waals surface area contributed by atoms with Crippen LogP contribution in [0, 0.1) is 17.8 Å². The zero-order valence-corrected chi connectivity index (χ0v) is 31.3. The van der Waals surface area contributed by atoms with Crippen LogP contribution in [0.5, 0.6) is 0 Å². The van der Waals surface area contributed by atoms with Gasteiger partial charge in [-0.25, -0.2) is 0 Å². The molecule has 4 heterocycles. The number of carbonyl (C=O) groups is 2. The lowest BCUT2D eigenvalue weighted by molar-refractivity contribution is -0.320. The summed E-state index contributed by atoms with van der Waals surface area (Å²) in [6.45, 7) is 11.8. The maximum atomic E-state index is 13.7. The second-order valence-corrected chi connectivity index (χ2v) is 15.7. The number of rotatable bonds is 4. The third-order valence-electron chi connectivity index (χ3n) is 11.4. The molecule has 2 bridgehead atoms. The van der Waals surface area contributed by atoms with Crippen LogP contribution < -0.4 is 11.1 Å². The van der Waals surface area contributed by atoms with Crippen LogP contribution in [0.2, 0.25) is 0 Å². The van der Waals surface area contributed by atoms with Gasteiger partial charge in [0.15, 0.2) is 12.6 Å². The summed E-state index contributed by atoms with van der Waals surface area (Å²) in [6, 6.07) is -0.420. The fourth-order valence-corrected chi connectivity index (χ4v) is 8.26. The Labute approximate surface area is 292 Å². The van der Waals surface area contributed by atoms with Crippen molar-refractivity contribution >= 4 is 11.8 Å². The van der Waals surface area contributed by atoms with Gasteiger partial charge in [-0.2, -0.15) is 0 Å². The summed E-state index contributed by atoms with van der Waals surface area (Å²) >= 11 is 0. The minimum atomic E-state index is -1.52. The largest absolute Gasteiger partial charge is 0.387 e. The third-order valence-corrected chi connectivity index (χ3v) is 11.4. The summed E-state index contributed by atoms with van der Waals surface area (Å²) in [7, 11) is 7.27. The summed E-state index contributed by atoms with van der Waals surface area (Å²) in [4.78, 5) is 30.7. The first-order valence-corrected chi connectivity index (χ1v) is 18.0. The van der Waals surface area contributed by atoms with E-state index in [1.165, 1.54) is 7.11 Å². The van der Waals surface area contributed by atoms with Crippen LogP contribution >= 0.6 is 0 Å². The zero-order chi connectivity index (χ0) is 36.4. The molecule has 0 aromatic heterocycles. The van der Waals surface area contributed by atoms with Crippen molar-refractivity contribution in [1.29, 1.82) is 0 Å². The molecular formula is C35H64N4O10. The Morgan fingerprint density at radius 3 is 2.43 bits per heavy atom.